The Bertz CT molecular complexity index is 735. The normalized spacial score (nSPS) is 10.2. The number of likely N-dealkylation sites (N-methyl/N-ethyl adjacent to an activating group) is 1. The Labute approximate surface area is 145 Å². The van der Waals surface area contributed by atoms with Gasteiger partial charge in [-0.2, -0.15) is 0 Å². The zero-order valence-corrected chi connectivity index (χ0v) is 14.2. The SMILES string of the molecule is CCN(CC(=O)NCc1ccc(F)cc1)C(=O)c1cccnc1OC. The smallest absolute Gasteiger partial charge is 0.259 e. The van der Waals surface area contributed by atoms with Crippen molar-refractivity contribution >= 4 is 11.8 Å². The molecule has 1 aromatic carbocycles. The summed E-state index contributed by atoms with van der Waals surface area (Å²) in [7, 11) is 1.44. The number of benzene rings is 1. The van der Waals surface area contributed by atoms with E-state index in [9.17, 15) is 14.0 Å². The Balaban J connectivity index is 1.97. The molecular formula is C18H20FN3O3. The van der Waals surface area contributed by atoms with Gasteiger partial charge in [0.05, 0.1) is 13.7 Å². The summed E-state index contributed by atoms with van der Waals surface area (Å²) in [5.41, 5.74) is 1.08. The van der Waals surface area contributed by atoms with Crippen LogP contribution in [0.4, 0.5) is 4.39 Å². The number of rotatable bonds is 7. The molecule has 0 bridgehead atoms. The second-order valence-electron chi connectivity index (χ2n) is 5.28. The molecule has 2 rings (SSSR count). The van der Waals surface area contributed by atoms with Crippen molar-refractivity contribution < 1.29 is 18.7 Å². The number of amides is 2. The molecule has 0 saturated heterocycles. The van der Waals surface area contributed by atoms with E-state index in [1.54, 1.807) is 31.2 Å². The number of hydrogen-bond donors (Lipinski definition) is 1. The lowest BCUT2D eigenvalue weighted by atomic mass is 10.2. The zero-order chi connectivity index (χ0) is 18.2. The second kappa shape index (κ2) is 8.77. The first-order valence-electron chi connectivity index (χ1n) is 7.84. The zero-order valence-electron chi connectivity index (χ0n) is 14.2. The summed E-state index contributed by atoms with van der Waals surface area (Å²) in [6.45, 7) is 2.32. The number of halogens is 1. The maximum absolute atomic E-state index is 12.9. The number of methoxy groups -OCH3 is 1. The van der Waals surface area contributed by atoms with Crippen molar-refractivity contribution in [2.45, 2.75) is 13.5 Å². The highest BCUT2D eigenvalue weighted by Crippen LogP contribution is 2.16. The van der Waals surface area contributed by atoms with Gasteiger partial charge in [-0.1, -0.05) is 12.1 Å². The average molecular weight is 345 g/mol. The molecule has 6 nitrogen and oxygen atoms in total. The average Bonchev–Trinajstić information content (AvgIpc) is 2.65. The molecule has 132 valence electrons. The molecule has 7 heteroatoms. The van der Waals surface area contributed by atoms with Crippen LogP contribution in [0.15, 0.2) is 42.6 Å². The van der Waals surface area contributed by atoms with Crippen molar-refractivity contribution in [3.05, 3.63) is 59.5 Å². The van der Waals surface area contributed by atoms with E-state index in [1.807, 2.05) is 0 Å². The maximum Gasteiger partial charge on any atom is 0.259 e. The van der Waals surface area contributed by atoms with Crippen LogP contribution < -0.4 is 10.1 Å². The molecule has 0 saturated carbocycles. The topological polar surface area (TPSA) is 71.5 Å². The highest BCUT2D eigenvalue weighted by molar-refractivity contribution is 5.98. The maximum atomic E-state index is 12.9. The van der Waals surface area contributed by atoms with Gasteiger partial charge in [0.2, 0.25) is 11.8 Å². The summed E-state index contributed by atoms with van der Waals surface area (Å²) >= 11 is 0. The third-order valence-corrected chi connectivity index (χ3v) is 3.60. The fourth-order valence-corrected chi connectivity index (χ4v) is 2.25. The van der Waals surface area contributed by atoms with Gasteiger partial charge >= 0.3 is 0 Å². The van der Waals surface area contributed by atoms with E-state index in [4.69, 9.17) is 4.74 Å². The van der Waals surface area contributed by atoms with Crippen molar-refractivity contribution in [2.24, 2.45) is 0 Å². The van der Waals surface area contributed by atoms with Crippen LogP contribution in [0.3, 0.4) is 0 Å². The summed E-state index contributed by atoms with van der Waals surface area (Å²) in [5, 5.41) is 2.72. The van der Waals surface area contributed by atoms with Gasteiger partial charge in [-0.25, -0.2) is 9.37 Å². The molecule has 2 amide bonds. The van der Waals surface area contributed by atoms with E-state index < -0.39 is 0 Å². The van der Waals surface area contributed by atoms with Gasteiger partial charge in [-0.3, -0.25) is 9.59 Å². The van der Waals surface area contributed by atoms with E-state index in [-0.39, 0.29) is 36.6 Å². The molecule has 1 aromatic heterocycles. The molecule has 0 aliphatic rings. The van der Waals surface area contributed by atoms with Crippen LogP contribution >= 0.6 is 0 Å². The first-order valence-corrected chi connectivity index (χ1v) is 7.84. The van der Waals surface area contributed by atoms with Gasteiger partial charge < -0.3 is 15.0 Å². The Kier molecular flexibility index (Phi) is 6.45. The number of nitrogens with one attached hydrogen (secondary N) is 1. The van der Waals surface area contributed by atoms with Gasteiger partial charge in [0.15, 0.2) is 0 Å². The van der Waals surface area contributed by atoms with E-state index >= 15 is 0 Å². The van der Waals surface area contributed by atoms with Gasteiger partial charge in [0.25, 0.3) is 5.91 Å². The fraction of sp³-hybridized carbons (Fsp3) is 0.278. The number of carbonyl (C=O) groups excluding carboxylic acids is 2. The molecule has 0 fully saturated rings. The van der Waals surface area contributed by atoms with Crippen LogP contribution in [0.5, 0.6) is 5.88 Å². The minimum absolute atomic E-state index is 0.0887. The standard InChI is InChI=1S/C18H20FN3O3/c1-3-22(18(24)15-5-4-10-20-17(15)25-2)12-16(23)21-11-13-6-8-14(19)9-7-13/h4-10H,3,11-12H2,1-2H3,(H,21,23). The van der Waals surface area contributed by atoms with Gasteiger partial charge in [0.1, 0.15) is 11.4 Å². The number of aromatic nitrogens is 1. The lowest BCUT2D eigenvalue weighted by molar-refractivity contribution is -0.121. The van der Waals surface area contributed by atoms with Crippen LogP contribution in [-0.4, -0.2) is 41.9 Å². The van der Waals surface area contributed by atoms with E-state index in [0.717, 1.165) is 5.56 Å². The van der Waals surface area contributed by atoms with Crippen LogP contribution in [0.2, 0.25) is 0 Å². The number of carbonyl (C=O) groups is 2. The van der Waals surface area contributed by atoms with E-state index in [0.29, 0.717) is 12.1 Å². The van der Waals surface area contributed by atoms with Crippen LogP contribution in [0.25, 0.3) is 0 Å². The molecule has 0 aliphatic carbocycles. The Morgan fingerprint density at radius 2 is 1.96 bits per heavy atom. The molecule has 0 unspecified atom stereocenters. The fourth-order valence-electron chi connectivity index (χ4n) is 2.25. The van der Waals surface area contributed by atoms with Crippen LogP contribution in [0.1, 0.15) is 22.8 Å². The van der Waals surface area contributed by atoms with Crippen LogP contribution in [0, 0.1) is 5.82 Å². The number of pyridine rings is 1. The van der Waals surface area contributed by atoms with Gasteiger partial charge in [0, 0.05) is 19.3 Å². The number of nitrogens with zero attached hydrogens (tertiary/aromatic N) is 2. The Morgan fingerprint density at radius 1 is 1.24 bits per heavy atom. The molecule has 0 aliphatic heterocycles. The van der Waals surface area contributed by atoms with Gasteiger partial charge in [-0.05, 0) is 36.8 Å². The summed E-state index contributed by atoms with van der Waals surface area (Å²) in [6, 6.07) is 9.10. The molecular weight excluding hydrogens is 325 g/mol. The Morgan fingerprint density at radius 3 is 2.60 bits per heavy atom. The van der Waals surface area contributed by atoms with Crippen molar-refractivity contribution in [1.82, 2.24) is 15.2 Å². The first-order chi connectivity index (χ1) is 12.0. The van der Waals surface area contributed by atoms with Crippen LogP contribution in [-0.2, 0) is 11.3 Å². The third-order valence-electron chi connectivity index (χ3n) is 3.60. The van der Waals surface area contributed by atoms with Gasteiger partial charge in [-0.15, -0.1) is 0 Å². The lowest BCUT2D eigenvalue weighted by Gasteiger charge is -2.21. The summed E-state index contributed by atoms with van der Waals surface area (Å²) in [5.74, 6) is -0.743. The van der Waals surface area contributed by atoms with Crippen molar-refractivity contribution in [3.63, 3.8) is 0 Å². The molecule has 0 atom stereocenters. The Hall–Kier alpha value is -2.96. The molecule has 2 aromatic rings. The molecule has 1 heterocycles. The molecule has 0 radical (unpaired) electrons. The predicted octanol–water partition coefficient (Wildman–Crippen LogP) is 2.01. The van der Waals surface area contributed by atoms with E-state index in [2.05, 4.69) is 10.3 Å². The lowest BCUT2D eigenvalue weighted by Crippen LogP contribution is -2.40. The third kappa shape index (κ3) is 5.00. The van der Waals surface area contributed by atoms with E-state index in [1.165, 1.54) is 30.3 Å². The molecule has 1 N–H and O–H groups in total. The van der Waals surface area contributed by atoms with Crippen molar-refractivity contribution in [3.8, 4) is 5.88 Å². The summed E-state index contributed by atoms with van der Waals surface area (Å²) in [4.78, 5) is 30.1. The highest BCUT2D eigenvalue weighted by Gasteiger charge is 2.21. The largest absolute Gasteiger partial charge is 0.480 e. The highest BCUT2D eigenvalue weighted by atomic mass is 19.1. The predicted molar refractivity (Wildman–Crippen MR) is 90.6 cm³/mol. The minimum atomic E-state index is -0.330. The number of hydrogen-bond acceptors (Lipinski definition) is 4. The minimum Gasteiger partial charge on any atom is -0.480 e. The monoisotopic (exact) mass is 345 g/mol. The summed E-state index contributed by atoms with van der Waals surface area (Å²) < 4.78 is 18.0. The molecule has 0 spiro atoms. The van der Waals surface area contributed by atoms with Crippen molar-refractivity contribution in [1.29, 1.82) is 0 Å². The first kappa shape index (κ1) is 18.4. The number of ether oxygens (including phenoxy) is 1. The summed E-state index contributed by atoms with van der Waals surface area (Å²) in [6.07, 6.45) is 1.53. The quantitative estimate of drug-likeness (QED) is 0.833. The van der Waals surface area contributed by atoms with Crippen molar-refractivity contribution in [2.75, 3.05) is 20.2 Å². The second-order valence-corrected chi connectivity index (χ2v) is 5.28. The molecule has 25 heavy (non-hydrogen) atoms.